The van der Waals surface area contributed by atoms with Crippen molar-refractivity contribution in [1.29, 1.82) is 0 Å². The summed E-state index contributed by atoms with van der Waals surface area (Å²) >= 11 is 0. The van der Waals surface area contributed by atoms with Crippen molar-refractivity contribution in [2.45, 2.75) is 19.4 Å². The van der Waals surface area contributed by atoms with Crippen molar-refractivity contribution in [2.75, 3.05) is 6.61 Å². The standard InChI is InChI=1S/C10H13NO4/c1-10(2,12)7-15-9-5-3-4-8(6-9)11(13)14/h3-6,12H,7H2,1-2H3. The molecule has 0 radical (unpaired) electrons. The monoisotopic (exact) mass is 211 g/mol. The average molecular weight is 211 g/mol. The van der Waals surface area contributed by atoms with Crippen LogP contribution in [-0.4, -0.2) is 22.2 Å². The molecule has 0 aliphatic carbocycles. The minimum Gasteiger partial charge on any atom is -0.490 e. The third kappa shape index (κ3) is 3.95. The highest BCUT2D eigenvalue weighted by Crippen LogP contribution is 2.19. The van der Waals surface area contributed by atoms with E-state index < -0.39 is 10.5 Å². The first kappa shape index (κ1) is 11.5. The fraction of sp³-hybridized carbons (Fsp3) is 0.400. The second-order valence-corrected chi connectivity index (χ2v) is 3.86. The van der Waals surface area contributed by atoms with E-state index in [4.69, 9.17) is 4.74 Å². The molecule has 1 aromatic carbocycles. The molecule has 1 rings (SSSR count). The largest absolute Gasteiger partial charge is 0.490 e. The van der Waals surface area contributed by atoms with Gasteiger partial charge in [0.05, 0.1) is 16.6 Å². The summed E-state index contributed by atoms with van der Waals surface area (Å²) in [6.07, 6.45) is 0. The van der Waals surface area contributed by atoms with Gasteiger partial charge in [0.1, 0.15) is 12.4 Å². The molecule has 0 atom stereocenters. The summed E-state index contributed by atoms with van der Waals surface area (Å²) in [7, 11) is 0. The maximum Gasteiger partial charge on any atom is 0.273 e. The molecule has 0 unspecified atom stereocenters. The number of benzene rings is 1. The van der Waals surface area contributed by atoms with Crippen LogP contribution in [0.5, 0.6) is 5.75 Å². The molecular formula is C10H13NO4. The Kier molecular flexibility index (Phi) is 3.26. The fourth-order valence-electron chi connectivity index (χ4n) is 0.947. The molecule has 0 aliphatic rings. The first-order valence-corrected chi connectivity index (χ1v) is 4.48. The van der Waals surface area contributed by atoms with E-state index in [0.717, 1.165) is 0 Å². The van der Waals surface area contributed by atoms with Gasteiger partial charge in [-0.2, -0.15) is 0 Å². The number of nitro benzene ring substituents is 1. The van der Waals surface area contributed by atoms with E-state index in [1.807, 2.05) is 0 Å². The van der Waals surface area contributed by atoms with Crippen LogP contribution in [0.3, 0.4) is 0 Å². The first-order valence-electron chi connectivity index (χ1n) is 4.48. The summed E-state index contributed by atoms with van der Waals surface area (Å²) < 4.78 is 5.21. The Bertz CT molecular complexity index is 357. The molecule has 0 saturated heterocycles. The predicted octanol–water partition coefficient (Wildman–Crippen LogP) is 1.74. The molecule has 1 N–H and O–H groups in total. The quantitative estimate of drug-likeness (QED) is 0.608. The van der Waals surface area contributed by atoms with E-state index in [0.29, 0.717) is 5.75 Å². The van der Waals surface area contributed by atoms with Crippen molar-refractivity contribution in [3.05, 3.63) is 34.4 Å². The van der Waals surface area contributed by atoms with Crippen LogP contribution in [0.1, 0.15) is 13.8 Å². The van der Waals surface area contributed by atoms with Crippen LogP contribution in [-0.2, 0) is 0 Å². The van der Waals surface area contributed by atoms with Gasteiger partial charge in [-0.15, -0.1) is 0 Å². The van der Waals surface area contributed by atoms with E-state index >= 15 is 0 Å². The van der Waals surface area contributed by atoms with Crippen LogP contribution in [0.25, 0.3) is 0 Å². The number of rotatable bonds is 4. The van der Waals surface area contributed by atoms with Crippen molar-refractivity contribution in [2.24, 2.45) is 0 Å². The topological polar surface area (TPSA) is 72.6 Å². The molecule has 5 nitrogen and oxygen atoms in total. The third-order valence-corrected chi connectivity index (χ3v) is 1.62. The van der Waals surface area contributed by atoms with Gasteiger partial charge in [0, 0.05) is 6.07 Å². The molecule has 0 aromatic heterocycles. The lowest BCUT2D eigenvalue weighted by Gasteiger charge is -2.17. The summed E-state index contributed by atoms with van der Waals surface area (Å²) in [5.74, 6) is 0.381. The van der Waals surface area contributed by atoms with Crippen LogP contribution in [0.4, 0.5) is 5.69 Å². The van der Waals surface area contributed by atoms with Crippen LogP contribution in [0.15, 0.2) is 24.3 Å². The molecule has 0 bridgehead atoms. The molecule has 15 heavy (non-hydrogen) atoms. The van der Waals surface area contributed by atoms with Crippen molar-refractivity contribution in [1.82, 2.24) is 0 Å². The second kappa shape index (κ2) is 4.27. The molecule has 0 aliphatic heterocycles. The summed E-state index contributed by atoms with van der Waals surface area (Å²) in [5.41, 5.74) is -0.979. The lowest BCUT2D eigenvalue weighted by Crippen LogP contribution is -2.27. The van der Waals surface area contributed by atoms with E-state index in [1.54, 1.807) is 19.9 Å². The number of nitrogens with zero attached hydrogens (tertiary/aromatic N) is 1. The van der Waals surface area contributed by atoms with Crippen molar-refractivity contribution in [3.8, 4) is 5.75 Å². The first-order chi connectivity index (χ1) is 6.88. The van der Waals surface area contributed by atoms with Crippen molar-refractivity contribution >= 4 is 5.69 Å². The molecule has 0 spiro atoms. The molecule has 82 valence electrons. The van der Waals surface area contributed by atoms with Gasteiger partial charge in [0.25, 0.3) is 5.69 Å². The van der Waals surface area contributed by atoms with Gasteiger partial charge in [-0.3, -0.25) is 10.1 Å². The number of hydrogen-bond donors (Lipinski definition) is 1. The zero-order valence-corrected chi connectivity index (χ0v) is 8.64. The minimum absolute atomic E-state index is 0.0248. The van der Waals surface area contributed by atoms with Gasteiger partial charge in [-0.05, 0) is 19.9 Å². The highest BCUT2D eigenvalue weighted by Gasteiger charge is 2.14. The van der Waals surface area contributed by atoms with Gasteiger partial charge in [0.15, 0.2) is 0 Å². The van der Waals surface area contributed by atoms with Crippen molar-refractivity contribution in [3.63, 3.8) is 0 Å². The molecule has 0 saturated carbocycles. The summed E-state index contributed by atoms with van der Waals surface area (Å²) in [6, 6.07) is 5.86. The molecule has 1 aromatic rings. The summed E-state index contributed by atoms with van der Waals surface area (Å²) in [5, 5.41) is 19.9. The maximum atomic E-state index is 10.5. The van der Waals surface area contributed by atoms with Gasteiger partial charge < -0.3 is 9.84 Å². The highest BCUT2D eigenvalue weighted by atomic mass is 16.6. The number of nitro groups is 1. The van der Waals surface area contributed by atoms with Gasteiger partial charge in [-0.25, -0.2) is 0 Å². The average Bonchev–Trinajstić information content (AvgIpc) is 2.14. The molecule has 0 heterocycles. The van der Waals surface area contributed by atoms with E-state index in [2.05, 4.69) is 0 Å². The normalized spacial score (nSPS) is 11.1. The van der Waals surface area contributed by atoms with Crippen LogP contribution >= 0.6 is 0 Å². The zero-order valence-electron chi connectivity index (χ0n) is 8.64. The van der Waals surface area contributed by atoms with Crippen LogP contribution in [0.2, 0.25) is 0 Å². The summed E-state index contributed by atoms with van der Waals surface area (Å²) in [6.45, 7) is 3.29. The number of hydrogen-bond acceptors (Lipinski definition) is 4. The number of aliphatic hydroxyl groups is 1. The van der Waals surface area contributed by atoms with E-state index in [9.17, 15) is 15.2 Å². The summed E-state index contributed by atoms with van der Waals surface area (Å²) in [4.78, 5) is 9.97. The van der Waals surface area contributed by atoms with Crippen LogP contribution < -0.4 is 4.74 Å². The smallest absolute Gasteiger partial charge is 0.273 e. The minimum atomic E-state index is -0.954. The Hall–Kier alpha value is -1.62. The van der Waals surface area contributed by atoms with Gasteiger partial charge in [-0.1, -0.05) is 6.07 Å². The van der Waals surface area contributed by atoms with Gasteiger partial charge >= 0.3 is 0 Å². The molecule has 5 heteroatoms. The number of ether oxygens (including phenoxy) is 1. The Morgan fingerprint density at radius 1 is 1.53 bits per heavy atom. The Morgan fingerprint density at radius 2 is 2.20 bits per heavy atom. The zero-order chi connectivity index (χ0) is 11.5. The maximum absolute atomic E-state index is 10.5. The number of non-ortho nitro benzene ring substituents is 1. The Labute approximate surface area is 87.5 Å². The SMILES string of the molecule is CC(C)(O)COc1cccc([N+](=O)[O-])c1. The third-order valence-electron chi connectivity index (χ3n) is 1.62. The van der Waals surface area contributed by atoms with E-state index in [1.165, 1.54) is 18.2 Å². The lowest BCUT2D eigenvalue weighted by molar-refractivity contribution is -0.384. The molecule has 0 fully saturated rings. The fourth-order valence-corrected chi connectivity index (χ4v) is 0.947. The molecular weight excluding hydrogens is 198 g/mol. The Morgan fingerprint density at radius 3 is 2.73 bits per heavy atom. The molecule has 0 amide bonds. The van der Waals surface area contributed by atoms with Crippen LogP contribution in [0, 0.1) is 10.1 Å². The Balaban J connectivity index is 2.70. The lowest BCUT2D eigenvalue weighted by atomic mass is 10.2. The van der Waals surface area contributed by atoms with Crippen molar-refractivity contribution < 1.29 is 14.8 Å². The van der Waals surface area contributed by atoms with Gasteiger partial charge in [0.2, 0.25) is 0 Å². The predicted molar refractivity (Wildman–Crippen MR) is 54.9 cm³/mol. The van der Waals surface area contributed by atoms with E-state index in [-0.39, 0.29) is 12.3 Å². The second-order valence-electron chi connectivity index (χ2n) is 3.86. The highest BCUT2D eigenvalue weighted by molar-refractivity contribution is 5.37.